The number of carbonyl (C=O) groups excluding carboxylic acids is 3. The first-order valence-electron chi connectivity index (χ1n) is 10.1. The molecular formula is C21H26ClN3O3. The molecule has 150 valence electrons. The standard InChI is InChI=1S/C21H26ClN3O3/c22-17-6-2-1-5-16(17)21(13-15-8-9-19(27)25(15)14-21)20(28)23-10-4-12-24-11-3-7-18(24)26/h1-2,5-6,15H,3-4,7-14H2,(H,23,28)/t15-,21+/m0/s1. The number of nitrogens with one attached hydrogen (secondary N) is 1. The number of likely N-dealkylation sites (tertiary alicyclic amines) is 1. The Labute approximate surface area is 170 Å². The van der Waals surface area contributed by atoms with Crippen molar-refractivity contribution in [1.29, 1.82) is 0 Å². The number of nitrogens with zero attached hydrogens (tertiary/aromatic N) is 2. The number of halogens is 1. The fourth-order valence-electron chi connectivity index (χ4n) is 4.89. The maximum atomic E-state index is 13.3. The van der Waals surface area contributed by atoms with Crippen molar-refractivity contribution in [2.24, 2.45) is 0 Å². The van der Waals surface area contributed by atoms with Gasteiger partial charge in [-0.15, -0.1) is 0 Å². The topological polar surface area (TPSA) is 69.7 Å². The highest BCUT2D eigenvalue weighted by molar-refractivity contribution is 6.31. The van der Waals surface area contributed by atoms with Gasteiger partial charge in [-0.05, 0) is 37.3 Å². The molecule has 3 heterocycles. The molecule has 0 aliphatic carbocycles. The zero-order valence-corrected chi connectivity index (χ0v) is 16.7. The van der Waals surface area contributed by atoms with Crippen LogP contribution in [0.3, 0.4) is 0 Å². The van der Waals surface area contributed by atoms with Gasteiger partial charge in [-0.1, -0.05) is 29.8 Å². The van der Waals surface area contributed by atoms with E-state index in [0.717, 1.165) is 31.4 Å². The highest BCUT2D eigenvalue weighted by Crippen LogP contribution is 2.45. The van der Waals surface area contributed by atoms with Crippen LogP contribution in [-0.2, 0) is 19.8 Å². The largest absolute Gasteiger partial charge is 0.355 e. The Balaban J connectivity index is 1.47. The van der Waals surface area contributed by atoms with Gasteiger partial charge in [0.05, 0.1) is 5.41 Å². The van der Waals surface area contributed by atoms with Gasteiger partial charge in [0, 0.05) is 50.1 Å². The van der Waals surface area contributed by atoms with E-state index in [9.17, 15) is 14.4 Å². The maximum absolute atomic E-state index is 13.3. The molecule has 3 fully saturated rings. The van der Waals surface area contributed by atoms with E-state index in [1.54, 1.807) is 6.07 Å². The molecule has 0 radical (unpaired) electrons. The Hall–Kier alpha value is -2.08. The van der Waals surface area contributed by atoms with E-state index in [2.05, 4.69) is 5.32 Å². The van der Waals surface area contributed by atoms with Crippen LogP contribution in [0.4, 0.5) is 0 Å². The summed E-state index contributed by atoms with van der Waals surface area (Å²) in [4.78, 5) is 41.0. The molecule has 3 amide bonds. The average molecular weight is 404 g/mol. The SMILES string of the molecule is O=C1CCCN1CCCNC(=O)[C@]1(c2ccccc2Cl)C[C@@H]2CCC(=O)N2C1. The molecule has 0 saturated carbocycles. The molecule has 1 N–H and O–H groups in total. The molecular weight excluding hydrogens is 378 g/mol. The molecule has 0 spiro atoms. The molecule has 6 nitrogen and oxygen atoms in total. The molecule has 3 aliphatic rings. The molecule has 1 aromatic carbocycles. The predicted octanol–water partition coefficient (Wildman–Crippen LogP) is 2.10. The van der Waals surface area contributed by atoms with Crippen LogP contribution in [0.5, 0.6) is 0 Å². The first-order valence-corrected chi connectivity index (χ1v) is 10.5. The Kier molecular flexibility index (Phi) is 5.32. The molecule has 28 heavy (non-hydrogen) atoms. The van der Waals surface area contributed by atoms with Gasteiger partial charge in [0.15, 0.2) is 0 Å². The predicted molar refractivity (Wildman–Crippen MR) is 106 cm³/mol. The van der Waals surface area contributed by atoms with Gasteiger partial charge >= 0.3 is 0 Å². The Morgan fingerprint density at radius 1 is 1.21 bits per heavy atom. The van der Waals surface area contributed by atoms with Crippen molar-refractivity contribution < 1.29 is 14.4 Å². The zero-order chi connectivity index (χ0) is 19.7. The quantitative estimate of drug-likeness (QED) is 0.739. The van der Waals surface area contributed by atoms with Crippen molar-refractivity contribution in [3.05, 3.63) is 34.9 Å². The summed E-state index contributed by atoms with van der Waals surface area (Å²) in [5, 5.41) is 3.62. The first-order chi connectivity index (χ1) is 13.5. The highest BCUT2D eigenvalue weighted by Gasteiger charge is 2.54. The second-order valence-corrected chi connectivity index (χ2v) is 8.48. The third-order valence-electron chi connectivity index (χ3n) is 6.36. The molecule has 2 atom stereocenters. The average Bonchev–Trinajstić information content (AvgIpc) is 3.36. The number of hydrogen-bond acceptors (Lipinski definition) is 3. The number of amides is 3. The lowest BCUT2D eigenvalue weighted by Crippen LogP contribution is -2.47. The monoisotopic (exact) mass is 403 g/mol. The highest BCUT2D eigenvalue weighted by atomic mass is 35.5. The van der Waals surface area contributed by atoms with Crippen molar-refractivity contribution in [2.75, 3.05) is 26.2 Å². The van der Waals surface area contributed by atoms with Crippen LogP contribution in [0.1, 0.15) is 44.1 Å². The van der Waals surface area contributed by atoms with Crippen LogP contribution >= 0.6 is 11.6 Å². The van der Waals surface area contributed by atoms with Gasteiger partial charge in [0.25, 0.3) is 0 Å². The van der Waals surface area contributed by atoms with Crippen molar-refractivity contribution in [1.82, 2.24) is 15.1 Å². The minimum atomic E-state index is -0.803. The van der Waals surface area contributed by atoms with Crippen molar-refractivity contribution in [2.45, 2.75) is 50.0 Å². The summed E-state index contributed by atoms with van der Waals surface area (Å²) >= 11 is 6.47. The molecule has 3 aliphatic heterocycles. The molecule has 0 unspecified atom stereocenters. The Morgan fingerprint density at radius 3 is 2.75 bits per heavy atom. The third-order valence-corrected chi connectivity index (χ3v) is 6.69. The third kappa shape index (κ3) is 3.39. The lowest BCUT2D eigenvalue weighted by atomic mass is 9.76. The fraction of sp³-hybridized carbons (Fsp3) is 0.571. The second-order valence-electron chi connectivity index (χ2n) is 8.07. The molecule has 1 aromatic rings. The zero-order valence-electron chi connectivity index (χ0n) is 16.0. The summed E-state index contributed by atoms with van der Waals surface area (Å²) in [7, 11) is 0. The van der Waals surface area contributed by atoms with Crippen LogP contribution in [-0.4, -0.2) is 59.7 Å². The molecule has 4 rings (SSSR count). The van der Waals surface area contributed by atoms with Gasteiger partial charge in [-0.25, -0.2) is 0 Å². The van der Waals surface area contributed by atoms with Crippen LogP contribution in [0, 0.1) is 0 Å². The van der Waals surface area contributed by atoms with E-state index in [1.165, 1.54) is 0 Å². The smallest absolute Gasteiger partial charge is 0.232 e. The van der Waals surface area contributed by atoms with E-state index < -0.39 is 5.41 Å². The summed E-state index contributed by atoms with van der Waals surface area (Å²) in [5.74, 6) is 0.253. The normalized spacial score (nSPS) is 26.8. The van der Waals surface area contributed by atoms with Crippen LogP contribution < -0.4 is 5.32 Å². The van der Waals surface area contributed by atoms with Crippen LogP contribution in [0.2, 0.25) is 5.02 Å². The lowest BCUT2D eigenvalue weighted by Gasteiger charge is -2.30. The first kappa shape index (κ1) is 19.2. The van der Waals surface area contributed by atoms with Gasteiger partial charge < -0.3 is 15.1 Å². The summed E-state index contributed by atoms with van der Waals surface area (Å²) in [6.45, 7) is 2.38. The molecule has 0 aromatic heterocycles. The number of rotatable bonds is 6. The molecule has 3 saturated heterocycles. The minimum Gasteiger partial charge on any atom is -0.355 e. The summed E-state index contributed by atoms with van der Waals surface area (Å²) in [6, 6.07) is 7.55. The minimum absolute atomic E-state index is 0.0736. The number of carbonyl (C=O) groups is 3. The second kappa shape index (κ2) is 7.74. The van der Waals surface area contributed by atoms with E-state index in [4.69, 9.17) is 11.6 Å². The summed E-state index contributed by atoms with van der Waals surface area (Å²) in [6.07, 6.45) is 4.25. The number of hydrogen-bond donors (Lipinski definition) is 1. The number of fused-ring (bicyclic) bond motifs is 1. The van der Waals surface area contributed by atoms with Gasteiger partial charge in [0.1, 0.15) is 0 Å². The summed E-state index contributed by atoms with van der Waals surface area (Å²) in [5.41, 5.74) is -0.00572. The molecule has 0 bridgehead atoms. The maximum Gasteiger partial charge on any atom is 0.232 e. The lowest BCUT2D eigenvalue weighted by molar-refractivity contribution is -0.129. The van der Waals surface area contributed by atoms with Crippen molar-refractivity contribution in [3.63, 3.8) is 0 Å². The Bertz CT molecular complexity index is 799. The van der Waals surface area contributed by atoms with Crippen molar-refractivity contribution in [3.8, 4) is 0 Å². The van der Waals surface area contributed by atoms with Crippen molar-refractivity contribution >= 4 is 29.3 Å². The fourth-order valence-corrected chi connectivity index (χ4v) is 5.21. The molecule has 7 heteroatoms. The van der Waals surface area contributed by atoms with E-state index in [1.807, 2.05) is 28.0 Å². The van der Waals surface area contributed by atoms with Gasteiger partial charge in [0.2, 0.25) is 17.7 Å². The van der Waals surface area contributed by atoms with E-state index >= 15 is 0 Å². The van der Waals surface area contributed by atoms with Gasteiger partial charge in [-0.2, -0.15) is 0 Å². The summed E-state index contributed by atoms with van der Waals surface area (Å²) < 4.78 is 0. The van der Waals surface area contributed by atoms with Crippen LogP contribution in [0.25, 0.3) is 0 Å². The Morgan fingerprint density at radius 2 is 2.04 bits per heavy atom. The van der Waals surface area contributed by atoms with Gasteiger partial charge in [-0.3, -0.25) is 14.4 Å². The van der Waals surface area contributed by atoms with E-state index in [-0.39, 0.29) is 23.8 Å². The van der Waals surface area contributed by atoms with Crippen LogP contribution in [0.15, 0.2) is 24.3 Å². The van der Waals surface area contributed by atoms with E-state index in [0.29, 0.717) is 43.9 Å². The number of benzene rings is 1.